The zero-order valence-corrected chi connectivity index (χ0v) is 27.8. The molecular weight excluding hydrogens is 598 g/mol. The third-order valence-electron chi connectivity index (χ3n) is 8.14. The largest absolute Gasteiger partial charge is 0.465 e. The smallest absolute Gasteiger partial charge is 0.424 e. The number of nitrogens with zero attached hydrogens (tertiary/aromatic N) is 3. The van der Waals surface area contributed by atoms with Gasteiger partial charge < -0.3 is 18.9 Å². The maximum Gasteiger partial charge on any atom is 0.424 e. The first-order valence-electron chi connectivity index (χ1n) is 15.7. The first-order valence-corrected chi connectivity index (χ1v) is 17.6. The molecule has 2 atom stereocenters. The van der Waals surface area contributed by atoms with Crippen LogP contribution < -0.4 is 4.74 Å². The van der Waals surface area contributed by atoms with Crippen molar-refractivity contribution in [2.24, 2.45) is 0 Å². The summed E-state index contributed by atoms with van der Waals surface area (Å²) in [6.07, 6.45) is 5.60. The lowest BCUT2D eigenvalue weighted by Crippen LogP contribution is -2.53. The Bertz CT molecular complexity index is 1370. The first kappa shape index (κ1) is 34.6. The number of likely N-dealkylation sites (tertiary alicyclic amines) is 1. The van der Waals surface area contributed by atoms with Crippen LogP contribution in [0.5, 0.6) is 5.88 Å². The number of carbonyl (C=O) groups is 2. The number of amides is 1. The van der Waals surface area contributed by atoms with Gasteiger partial charge in [0, 0.05) is 24.8 Å². The van der Waals surface area contributed by atoms with E-state index in [9.17, 15) is 18.0 Å². The highest BCUT2D eigenvalue weighted by Crippen LogP contribution is 2.38. The van der Waals surface area contributed by atoms with Gasteiger partial charge in [-0.3, -0.25) is 4.90 Å². The normalized spacial score (nSPS) is 22.5. The van der Waals surface area contributed by atoms with E-state index >= 15 is 0 Å². The summed E-state index contributed by atoms with van der Waals surface area (Å²) in [4.78, 5) is 31.6. The van der Waals surface area contributed by atoms with Crippen molar-refractivity contribution in [2.45, 2.75) is 96.1 Å². The number of rotatable bonds is 12. The molecular formula is C33H47N3O8S. The van der Waals surface area contributed by atoms with Crippen molar-refractivity contribution < 1.29 is 37.0 Å². The summed E-state index contributed by atoms with van der Waals surface area (Å²) in [5, 5.41) is 0. The van der Waals surface area contributed by atoms with Gasteiger partial charge in [0.1, 0.15) is 5.60 Å². The van der Waals surface area contributed by atoms with Crippen LogP contribution in [0.25, 0.3) is 0 Å². The van der Waals surface area contributed by atoms with E-state index in [2.05, 4.69) is 9.88 Å². The maximum absolute atomic E-state index is 13.2. The van der Waals surface area contributed by atoms with Crippen LogP contribution in [-0.2, 0) is 35.6 Å². The molecule has 4 rings (SSSR count). The summed E-state index contributed by atoms with van der Waals surface area (Å²) in [5.41, 5.74) is 1.22. The second kappa shape index (κ2) is 15.4. The van der Waals surface area contributed by atoms with Gasteiger partial charge in [0.15, 0.2) is 6.61 Å². The molecule has 11 nitrogen and oxygen atoms in total. The van der Waals surface area contributed by atoms with Crippen molar-refractivity contribution in [1.29, 1.82) is 0 Å². The Kier molecular flexibility index (Phi) is 11.8. The number of benzene rings is 1. The number of esters is 1. The van der Waals surface area contributed by atoms with Gasteiger partial charge in [-0.05, 0) is 77.3 Å². The minimum Gasteiger partial charge on any atom is -0.465 e. The zero-order chi connectivity index (χ0) is 32.6. The minimum absolute atomic E-state index is 0.0187. The molecule has 1 aromatic heterocycles. The van der Waals surface area contributed by atoms with Gasteiger partial charge in [0.25, 0.3) is 0 Å². The Hall–Kier alpha value is -3.22. The molecule has 1 aromatic carbocycles. The van der Waals surface area contributed by atoms with Gasteiger partial charge in [0.05, 0.1) is 37.7 Å². The van der Waals surface area contributed by atoms with Crippen molar-refractivity contribution in [3.8, 4) is 5.88 Å². The van der Waals surface area contributed by atoms with Crippen LogP contribution in [0, 0.1) is 0 Å². The Morgan fingerprint density at radius 3 is 2.38 bits per heavy atom. The van der Waals surface area contributed by atoms with E-state index in [-0.39, 0.29) is 31.3 Å². The first-order chi connectivity index (χ1) is 21.4. The zero-order valence-electron chi connectivity index (χ0n) is 27.0. The molecule has 45 heavy (non-hydrogen) atoms. The van der Waals surface area contributed by atoms with Crippen LogP contribution in [0.15, 0.2) is 48.7 Å². The minimum atomic E-state index is -3.92. The molecule has 1 amide bonds. The molecule has 1 aliphatic heterocycles. The predicted octanol–water partition coefficient (Wildman–Crippen LogP) is 4.91. The molecule has 1 aliphatic carbocycles. The van der Waals surface area contributed by atoms with E-state index in [1.54, 1.807) is 33.9 Å². The van der Waals surface area contributed by atoms with Gasteiger partial charge >= 0.3 is 12.1 Å². The average molecular weight is 646 g/mol. The summed E-state index contributed by atoms with van der Waals surface area (Å²) in [5.74, 6) is 0.222. The molecule has 0 N–H and O–H groups in total. The highest BCUT2D eigenvalue weighted by atomic mass is 32.2. The summed E-state index contributed by atoms with van der Waals surface area (Å²) in [6.45, 7) is 8.53. The van der Waals surface area contributed by atoms with Crippen LogP contribution in [0.1, 0.15) is 76.8 Å². The van der Waals surface area contributed by atoms with Gasteiger partial charge in [-0.2, -0.15) is 4.31 Å². The average Bonchev–Trinajstić information content (AvgIpc) is 3.35. The third kappa shape index (κ3) is 9.88. The number of sulfonamides is 1. The monoisotopic (exact) mass is 645 g/mol. The van der Waals surface area contributed by atoms with Crippen molar-refractivity contribution in [3.05, 3.63) is 59.8 Å². The number of ether oxygens (including phenoxy) is 4. The van der Waals surface area contributed by atoms with E-state index in [4.69, 9.17) is 18.9 Å². The Balaban J connectivity index is 1.44. The number of hydrogen-bond donors (Lipinski definition) is 0. The van der Waals surface area contributed by atoms with Gasteiger partial charge in [-0.15, -0.1) is 0 Å². The lowest BCUT2D eigenvalue weighted by Gasteiger charge is -2.36. The van der Waals surface area contributed by atoms with Crippen LogP contribution in [0.2, 0.25) is 0 Å². The van der Waals surface area contributed by atoms with Gasteiger partial charge in [0.2, 0.25) is 15.9 Å². The lowest BCUT2D eigenvalue weighted by atomic mass is 9.83. The number of aromatic nitrogens is 1. The number of pyridine rings is 1. The van der Waals surface area contributed by atoms with E-state index < -0.39 is 33.7 Å². The standard InChI is InChI=1S/C33H47N3O8S/c1-6-41-30(37)23-43-31-27(13-10-19-34-31)25-14-16-26(17-15-25)42-22-29-28(18-20-35(29)21-24-11-8-7-9-12-24)36(45(5,39)40)32(38)44-33(2,3)4/h7-13,19,25-26,28-29H,6,14-18,20-23H2,1-5H3/t25?,26?,28-,29-/m0/s1. The Morgan fingerprint density at radius 2 is 1.73 bits per heavy atom. The second-order valence-electron chi connectivity index (χ2n) is 12.7. The van der Waals surface area contributed by atoms with Crippen LogP contribution >= 0.6 is 0 Å². The summed E-state index contributed by atoms with van der Waals surface area (Å²) < 4.78 is 49.7. The third-order valence-corrected chi connectivity index (χ3v) is 9.27. The van der Waals surface area contributed by atoms with Crippen LogP contribution in [0.3, 0.4) is 0 Å². The summed E-state index contributed by atoms with van der Waals surface area (Å²) in [6, 6.07) is 12.9. The SMILES string of the molecule is CCOC(=O)COc1ncccc1C1CCC(OC[C@H]2[C@@H](N(C(=O)OC(C)(C)C)S(C)(=O)=O)CCN2Cc2ccccc2)CC1. The maximum atomic E-state index is 13.2. The highest BCUT2D eigenvalue weighted by Gasteiger charge is 2.45. The quantitative estimate of drug-likeness (QED) is 0.294. The number of hydrogen-bond acceptors (Lipinski definition) is 10. The molecule has 0 bridgehead atoms. The van der Waals surface area contributed by atoms with Gasteiger partial charge in [-0.25, -0.2) is 23.0 Å². The van der Waals surface area contributed by atoms with Crippen molar-refractivity contribution in [1.82, 2.24) is 14.2 Å². The van der Waals surface area contributed by atoms with E-state index in [0.29, 0.717) is 32.0 Å². The molecule has 1 saturated heterocycles. The fourth-order valence-electron chi connectivity index (χ4n) is 6.17. The molecule has 2 aliphatic rings. The van der Waals surface area contributed by atoms with Crippen molar-refractivity contribution >= 4 is 22.1 Å². The molecule has 248 valence electrons. The molecule has 2 fully saturated rings. The number of carbonyl (C=O) groups excluding carboxylic acids is 2. The molecule has 0 unspecified atom stereocenters. The fraction of sp³-hybridized carbons (Fsp3) is 0.606. The van der Waals surface area contributed by atoms with Crippen LogP contribution in [-0.4, -0.2) is 91.1 Å². The molecule has 0 spiro atoms. The van der Waals surface area contributed by atoms with Crippen molar-refractivity contribution in [2.75, 3.05) is 32.6 Å². The molecule has 2 aromatic rings. The predicted molar refractivity (Wildman–Crippen MR) is 169 cm³/mol. The highest BCUT2D eigenvalue weighted by molar-refractivity contribution is 7.88. The molecule has 0 radical (unpaired) electrons. The lowest BCUT2D eigenvalue weighted by molar-refractivity contribution is -0.145. The summed E-state index contributed by atoms with van der Waals surface area (Å²) >= 11 is 0. The van der Waals surface area contributed by atoms with Gasteiger partial charge in [-0.1, -0.05) is 36.4 Å². The molecule has 1 saturated carbocycles. The van der Waals surface area contributed by atoms with Crippen LogP contribution in [0.4, 0.5) is 4.79 Å². The molecule has 2 heterocycles. The van der Waals surface area contributed by atoms with E-state index in [1.165, 1.54) is 0 Å². The second-order valence-corrected chi connectivity index (χ2v) is 14.6. The Morgan fingerprint density at radius 1 is 1.02 bits per heavy atom. The Labute approximate surface area is 267 Å². The van der Waals surface area contributed by atoms with E-state index in [1.807, 2.05) is 42.5 Å². The van der Waals surface area contributed by atoms with E-state index in [0.717, 1.165) is 47.4 Å². The molecule has 12 heteroatoms. The summed E-state index contributed by atoms with van der Waals surface area (Å²) in [7, 11) is -3.92. The van der Waals surface area contributed by atoms with Crippen molar-refractivity contribution in [3.63, 3.8) is 0 Å². The topological polar surface area (TPSA) is 125 Å². The fourth-order valence-corrected chi connectivity index (χ4v) is 7.21.